The van der Waals surface area contributed by atoms with Crippen LogP contribution in [0.3, 0.4) is 0 Å². The van der Waals surface area contributed by atoms with Gasteiger partial charge in [-0.05, 0) is 23.3 Å². The first kappa shape index (κ1) is 21.4. The zero-order valence-electron chi connectivity index (χ0n) is 14.6. The van der Waals surface area contributed by atoms with Crippen LogP contribution in [0.1, 0.15) is 11.1 Å². The SMILES string of the molecule is NCc1ccccc1.NCc1ccccc1.OB(O)Oc1ccccc1. The van der Waals surface area contributed by atoms with E-state index in [-0.39, 0.29) is 0 Å². The predicted octanol–water partition coefficient (Wildman–Crippen LogP) is 2.33. The molecular weight excluding hydrogens is 327 g/mol. The van der Waals surface area contributed by atoms with Gasteiger partial charge in [-0.25, -0.2) is 0 Å². The first-order valence-corrected chi connectivity index (χ1v) is 8.21. The van der Waals surface area contributed by atoms with Crippen LogP contribution in [0.2, 0.25) is 0 Å². The maximum absolute atomic E-state index is 8.34. The number of nitrogens with two attached hydrogens (primary N) is 2. The van der Waals surface area contributed by atoms with Crippen molar-refractivity contribution in [3.63, 3.8) is 0 Å². The van der Waals surface area contributed by atoms with Crippen molar-refractivity contribution < 1.29 is 14.7 Å². The first-order chi connectivity index (χ1) is 12.7. The van der Waals surface area contributed by atoms with Crippen LogP contribution in [0.25, 0.3) is 0 Å². The van der Waals surface area contributed by atoms with Gasteiger partial charge in [0.2, 0.25) is 0 Å². The van der Waals surface area contributed by atoms with Gasteiger partial charge in [0, 0.05) is 13.1 Å². The summed E-state index contributed by atoms with van der Waals surface area (Å²) in [5.41, 5.74) is 13.1. The Morgan fingerprint density at radius 3 is 1.23 bits per heavy atom. The Bertz CT molecular complexity index is 644. The first-order valence-electron chi connectivity index (χ1n) is 8.21. The van der Waals surface area contributed by atoms with Crippen molar-refractivity contribution in [2.24, 2.45) is 11.5 Å². The fourth-order valence-electron chi connectivity index (χ4n) is 1.85. The molecule has 136 valence electrons. The topological polar surface area (TPSA) is 102 Å². The lowest BCUT2D eigenvalue weighted by atomic mass is 10.2. The summed E-state index contributed by atoms with van der Waals surface area (Å²) in [5, 5.41) is 16.7. The highest BCUT2D eigenvalue weighted by molar-refractivity contribution is 6.33. The quantitative estimate of drug-likeness (QED) is 0.540. The average Bonchev–Trinajstić information content (AvgIpc) is 2.70. The van der Waals surface area contributed by atoms with E-state index in [1.165, 1.54) is 11.1 Å². The summed E-state index contributed by atoms with van der Waals surface area (Å²) in [5.74, 6) is 0.442. The summed E-state index contributed by atoms with van der Waals surface area (Å²) >= 11 is 0. The van der Waals surface area contributed by atoms with E-state index in [0.717, 1.165) is 0 Å². The third-order valence-electron chi connectivity index (χ3n) is 3.14. The van der Waals surface area contributed by atoms with Crippen LogP contribution in [-0.2, 0) is 13.1 Å². The highest BCUT2D eigenvalue weighted by Gasteiger charge is 2.09. The second kappa shape index (κ2) is 13.6. The highest BCUT2D eigenvalue weighted by Crippen LogP contribution is 2.07. The fourth-order valence-corrected chi connectivity index (χ4v) is 1.85. The van der Waals surface area contributed by atoms with Gasteiger partial charge in [-0.15, -0.1) is 0 Å². The molecule has 6 N–H and O–H groups in total. The molecule has 0 heterocycles. The van der Waals surface area contributed by atoms with Gasteiger partial charge in [-0.3, -0.25) is 0 Å². The molecule has 0 aliphatic carbocycles. The van der Waals surface area contributed by atoms with Gasteiger partial charge in [0.15, 0.2) is 0 Å². The molecule has 0 saturated heterocycles. The van der Waals surface area contributed by atoms with Gasteiger partial charge in [0.05, 0.1) is 0 Å². The molecule has 3 rings (SSSR count). The molecule has 6 heteroatoms. The number of benzene rings is 3. The third-order valence-corrected chi connectivity index (χ3v) is 3.14. The second-order valence-electron chi connectivity index (χ2n) is 5.14. The van der Waals surface area contributed by atoms with Crippen LogP contribution in [-0.4, -0.2) is 17.4 Å². The Morgan fingerprint density at radius 2 is 0.962 bits per heavy atom. The standard InChI is InChI=1S/2C7H9N.C6H7BO3/c2*8-6-7-4-2-1-3-5-7;8-7(9)10-6-4-2-1-3-5-6/h2*1-5H,6,8H2;1-5,8-9H. The maximum Gasteiger partial charge on any atom is 0.707 e. The van der Waals surface area contributed by atoms with Gasteiger partial charge in [-0.1, -0.05) is 78.9 Å². The van der Waals surface area contributed by atoms with E-state index >= 15 is 0 Å². The van der Waals surface area contributed by atoms with E-state index in [4.69, 9.17) is 21.5 Å². The second-order valence-corrected chi connectivity index (χ2v) is 5.14. The summed E-state index contributed by atoms with van der Waals surface area (Å²) in [7, 11) is -1.73. The Labute approximate surface area is 155 Å². The molecule has 0 unspecified atom stereocenters. The van der Waals surface area contributed by atoms with Gasteiger partial charge >= 0.3 is 7.32 Å². The normalized spacial score (nSPS) is 9.08. The lowest BCUT2D eigenvalue weighted by molar-refractivity contribution is 0.288. The van der Waals surface area contributed by atoms with Crippen molar-refractivity contribution >= 4 is 7.32 Å². The van der Waals surface area contributed by atoms with Crippen LogP contribution >= 0.6 is 0 Å². The summed E-state index contributed by atoms with van der Waals surface area (Å²) in [4.78, 5) is 0. The minimum absolute atomic E-state index is 0.442. The lowest BCUT2D eigenvalue weighted by Crippen LogP contribution is -2.20. The zero-order chi connectivity index (χ0) is 19.0. The Kier molecular flexibility index (Phi) is 11.2. The molecule has 0 amide bonds. The minimum Gasteiger partial charge on any atom is -0.512 e. The van der Waals surface area contributed by atoms with Gasteiger partial charge < -0.3 is 26.2 Å². The van der Waals surface area contributed by atoms with Crippen molar-refractivity contribution in [3.05, 3.63) is 102 Å². The van der Waals surface area contributed by atoms with E-state index in [1.807, 2.05) is 66.7 Å². The Morgan fingerprint density at radius 1 is 0.615 bits per heavy atom. The zero-order valence-corrected chi connectivity index (χ0v) is 14.6. The molecule has 26 heavy (non-hydrogen) atoms. The molecule has 0 aromatic heterocycles. The van der Waals surface area contributed by atoms with Gasteiger partial charge in [0.1, 0.15) is 5.75 Å². The molecule has 0 bridgehead atoms. The van der Waals surface area contributed by atoms with Crippen molar-refractivity contribution in [2.75, 3.05) is 0 Å². The Hall–Kier alpha value is -2.64. The van der Waals surface area contributed by atoms with Crippen LogP contribution in [0.15, 0.2) is 91.0 Å². The minimum atomic E-state index is -1.73. The van der Waals surface area contributed by atoms with E-state index in [0.29, 0.717) is 18.8 Å². The fraction of sp³-hybridized carbons (Fsp3) is 0.100. The van der Waals surface area contributed by atoms with Gasteiger partial charge in [-0.2, -0.15) is 0 Å². The number of rotatable bonds is 4. The molecule has 0 atom stereocenters. The molecule has 0 aliphatic heterocycles. The smallest absolute Gasteiger partial charge is 0.512 e. The molecule has 3 aromatic rings. The van der Waals surface area contributed by atoms with Crippen molar-refractivity contribution in [1.29, 1.82) is 0 Å². The van der Waals surface area contributed by atoms with Crippen molar-refractivity contribution in [3.8, 4) is 5.75 Å². The largest absolute Gasteiger partial charge is 0.707 e. The summed E-state index contributed by atoms with van der Waals surface area (Å²) in [6.07, 6.45) is 0. The van der Waals surface area contributed by atoms with Crippen LogP contribution in [0, 0.1) is 0 Å². The monoisotopic (exact) mass is 352 g/mol. The molecule has 0 spiro atoms. The molecule has 5 nitrogen and oxygen atoms in total. The molecular formula is C20H25BN2O3. The predicted molar refractivity (Wildman–Crippen MR) is 106 cm³/mol. The highest BCUT2D eigenvalue weighted by atomic mass is 16.6. The molecule has 0 saturated carbocycles. The van der Waals surface area contributed by atoms with Crippen LogP contribution in [0.4, 0.5) is 0 Å². The van der Waals surface area contributed by atoms with E-state index in [1.54, 1.807) is 24.3 Å². The molecule has 0 fully saturated rings. The summed E-state index contributed by atoms with van der Waals surface area (Å²) in [6.45, 7) is 1.28. The lowest BCUT2D eigenvalue weighted by Gasteiger charge is -2.01. The van der Waals surface area contributed by atoms with Crippen molar-refractivity contribution in [1.82, 2.24) is 0 Å². The van der Waals surface area contributed by atoms with Crippen LogP contribution < -0.4 is 16.1 Å². The van der Waals surface area contributed by atoms with E-state index < -0.39 is 7.32 Å². The average molecular weight is 352 g/mol. The van der Waals surface area contributed by atoms with E-state index in [9.17, 15) is 0 Å². The van der Waals surface area contributed by atoms with Gasteiger partial charge in [0.25, 0.3) is 0 Å². The summed E-state index contributed by atoms with van der Waals surface area (Å²) < 4.78 is 4.53. The molecule has 3 aromatic carbocycles. The molecule has 0 radical (unpaired) electrons. The number of hydrogen-bond acceptors (Lipinski definition) is 5. The number of hydrogen-bond donors (Lipinski definition) is 4. The number of para-hydroxylation sites is 1. The third kappa shape index (κ3) is 10.3. The Balaban J connectivity index is 0.000000197. The van der Waals surface area contributed by atoms with Crippen molar-refractivity contribution in [2.45, 2.75) is 13.1 Å². The maximum atomic E-state index is 8.34. The molecule has 0 aliphatic rings. The van der Waals surface area contributed by atoms with Crippen LogP contribution in [0.5, 0.6) is 5.75 Å². The summed E-state index contributed by atoms with van der Waals surface area (Å²) in [6, 6.07) is 28.6. The van der Waals surface area contributed by atoms with E-state index in [2.05, 4.69) is 4.65 Å².